The van der Waals surface area contributed by atoms with Crippen LogP contribution in [-0.2, 0) is 4.79 Å². The van der Waals surface area contributed by atoms with Gasteiger partial charge in [0.15, 0.2) is 0 Å². The highest BCUT2D eigenvalue weighted by atomic mass is 32.2. The maximum atomic E-state index is 12.8. The molecule has 0 radical (unpaired) electrons. The van der Waals surface area contributed by atoms with Gasteiger partial charge in [0, 0.05) is 21.8 Å². The molecule has 7 nitrogen and oxygen atoms in total. The van der Waals surface area contributed by atoms with E-state index in [-0.39, 0.29) is 29.0 Å². The van der Waals surface area contributed by atoms with E-state index in [9.17, 15) is 19.6 Å². The average Bonchev–Trinajstić information content (AvgIpc) is 3.22. The van der Waals surface area contributed by atoms with Crippen molar-refractivity contribution in [1.82, 2.24) is 0 Å². The fourth-order valence-electron chi connectivity index (χ4n) is 3.63. The number of hydrogen-bond acceptors (Lipinski definition) is 6. The molecule has 0 aliphatic rings. The van der Waals surface area contributed by atoms with Crippen LogP contribution in [0.4, 0.5) is 16.4 Å². The lowest BCUT2D eigenvalue weighted by Gasteiger charge is -2.08. The van der Waals surface area contributed by atoms with E-state index in [1.165, 1.54) is 11.8 Å². The van der Waals surface area contributed by atoms with Crippen LogP contribution in [0.5, 0.6) is 0 Å². The zero-order valence-electron chi connectivity index (χ0n) is 20.7. The maximum Gasteiger partial charge on any atom is 0.266 e. The van der Waals surface area contributed by atoms with E-state index in [0.29, 0.717) is 32.4 Å². The molecule has 0 bridgehead atoms. The third-order valence-electron chi connectivity index (χ3n) is 5.49. The van der Waals surface area contributed by atoms with Crippen LogP contribution < -0.4 is 16.0 Å². The molecule has 0 aliphatic carbocycles. The number of hydrogen-bond donors (Lipinski definition) is 3. The molecule has 1 aromatic heterocycles. The molecule has 3 amide bonds. The zero-order valence-corrected chi connectivity index (χ0v) is 22.3. The normalized spacial score (nSPS) is 10.3. The van der Waals surface area contributed by atoms with Crippen LogP contribution in [0.2, 0.25) is 0 Å². The summed E-state index contributed by atoms with van der Waals surface area (Å²) in [6.45, 7) is 3.62. The Balaban J connectivity index is 1.38. The SMILES string of the molecule is Cc1cccc(C(=O)Nc2cccc(SCC(=O)Nc3sc(C(=O)Nc4ccccc4)c(C)c3C#N)c2)c1. The lowest BCUT2D eigenvalue weighted by atomic mass is 10.1. The Hall–Kier alpha value is -4.39. The summed E-state index contributed by atoms with van der Waals surface area (Å²) in [5.74, 6) is -0.771. The Morgan fingerprint density at radius 3 is 2.29 bits per heavy atom. The van der Waals surface area contributed by atoms with E-state index in [4.69, 9.17) is 0 Å². The topological polar surface area (TPSA) is 111 Å². The van der Waals surface area contributed by atoms with Gasteiger partial charge >= 0.3 is 0 Å². The summed E-state index contributed by atoms with van der Waals surface area (Å²) >= 11 is 2.37. The second kappa shape index (κ2) is 12.2. The maximum absolute atomic E-state index is 12.8. The number of thioether (sulfide) groups is 1. The summed E-state index contributed by atoms with van der Waals surface area (Å²) in [6, 6.07) is 25.7. The Morgan fingerprint density at radius 2 is 1.55 bits per heavy atom. The van der Waals surface area contributed by atoms with Crippen molar-refractivity contribution in [2.45, 2.75) is 18.7 Å². The molecule has 38 heavy (non-hydrogen) atoms. The molecular weight excluding hydrogens is 516 g/mol. The second-order valence-corrected chi connectivity index (χ2v) is 10.4. The predicted octanol–water partition coefficient (Wildman–Crippen LogP) is 6.47. The number of carbonyl (C=O) groups is 3. The Morgan fingerprint density at radius 1 is 0.842 bits per heavy atom. The fraction of sp³-hybridized carbons (Fsp3) is 0.103. The Bertz CT molecular complexity index is 1540. The minimum Gasteiger partial charge on any atom is -0.322 e. The summed E-state index contributed by atoms with van der Waals surface area (Å²) < 4.78 is 0. The molecule has 9 heteroatoms. The molecule has 0 spiro atoms. The molecule has 0 unspecified atom stereocenters. The predicted molar refractivity (Wildman–Crippen MR) is 153 cm³/mol. The summed E-state index contributed by atoms with van der Waals surface area (Å²) in [5.41, 5.74) is 3.62. The van der Waals surface area contributed by atoms with Gasteiger partial charge in [-0.3, -0.25) is 14.4 Å². The van der Waals surface area contributed by atoms with Gasteiger partial charge < -0.3 is 16.0 Å². The summed E-state index contributed by atoms with van der Waals surface area (Å²) in [7, 11) is 0. The number of nitrogens with one attached hydrogen (secondary N) is 3. The van der Waals surface area contributed by atoms with Crippen molar-refractivity contribution in [3.05, 3.63) is 106 Å². The number of amides is 3. The third-order valence-corrected chi connectivity index (χ3v) is 7.69. The lowest BCUT2D eigenvalue weighted by Crippen LogP contribution is -2.14. The number of benzene rings is 3. The van der Waals surface area contributed by atoms with Crippen LogP contribution in [0.3, 0.4) is 0 Å². The summed E-state index contributed by atoms with van der Waals surface area (Å²) in [6.07, 6.45) is 0. The first kappa shape index (κ1) is 26.7. The van der Waals surface area contributed by atoms with Crippen LogP contribution in [0.1, 0.15) is 36.7 Å². The van der Waals surface area contributed by atoms with Gasteiger partial charge in [0.05, 0.1) is 16.2 Å². The van der Waals surface area contributed by atoms with E-state index in [1.54, 1.807) is 43.3 Å². The molecular formula is C29H24N4O3S2. The minimum absolute atomic E-state index is 0.0860. The molecule has 0 aliphatic heterocycles. The van der Waals surface area contributed by atoms with E-state index in [0.717, 1.165) is 21.8 Å². The molecule has 0 saturated heterocycles. The number of thiophene rings is 1. The van der Waals surface area contributed by atoms with E-state index < -0.39 is 0 Å². The average molecular weight is 541 g/mol. The largest absolute Gasteiger partial charge is 0.322 e. The molecule has 0 atom stereocenters. The Labute approximate surface area is 228 Å². The first-order chi connectivity index (χ1) is 18.3. The second-order valence-electron chi connectivity index (χ2n) is 8.38. The smallest absolute Gasteiger partial charge is 0.266 e. The van der Waals surface area contributed by atoms with Crippen molar-refractivity contribution in [2.75, 3.05) is 21.7 Å². The van der Waals surface area contributed by atoms with Gasteiger partial charge in [0.1, 0.15) is 11.1 Å². The zero-order chi connectivity index (χ0) is 27.1. The monoisotopic (exact) mass is 540 g/mol. The number of rotatable bonds is 8. The van der Waals surface area contributed by atoms with Gasteiger partial charge in [-0.2, -0.15) is 5.26 Å². The molecule has 3 N–H and O–H groups in total. The van der Waals surface area contributed by atoms with Crippen LogP contribution in [-0.4, -0.2) is 23.5 Å². The minimum atomic E-state index is -0.338. The van der Waals surface area contributed by atoms with Gasteiger partial charge in [-0.25, -0.2) is 0 Å². The van der Waals surface area contributed by atoms with Gasteiger partial charge in [0.2, 0.25) is 5.91 Å². The number of para-hydroxylation sites is 1. The number of aryl methyl sites for hydroxylation is 1. The van der Waals surface area contributed by atoms with Gasteiger partial charge in [-0.15, -0.1) is 23.1 Å². The molecule has 0 fully saturated rings. The number of nitrogens with zero attached hydrogens (tertiary/aromatic N) is 1. The lowest BCUT2D eigenvalue weighted by molar-refractivity contribution is -0.113. The van der Waals surface area contributed by atoms with Gasteiger partial charge in [-0.1, -0.05) is 42.0 Å². The van der Waals surface area contributed by atoms with E-state index >= 15 is 0 Å². The highest BCUT2D eigenvalue weighted by Gasteiger charge is 2.21. The summed E-state index contributed by atoms with van der Waals surface area (Å²) in [5, 5.41) is 18.4. The molecule has 190 valence electrons. The van der Waals surface area contributed by atoms with E-state index in [2.05, 4.69) is 22.0 Å². The van der Waals surface area contributed by atoms with Crippen molar-refractivity contribution >= 4 is 57.2 Å². The van der Waals surface area contributed by atoms with Crippen LogP contribution in [0, 0.1) is 25.2 Å². The van der Waals surface area contributed by atoms with Gasteiger partial charge in [-0.05, 0) is 61.9 Å². The van der Waals surface area contributed by atoms with Crippen molar-refractivity contribution in [3.8, 4) is 6.07 Å². The molecule has 3 aromatic carbocycles. The Kier molecular flexibility index (Phi) is 8.58. The molecule has 0 saturated carbocycles. The highest BCUT2D eigenvalue weighted by molar-refractivity contribution is 8.00. The number of nitriles is 1. The number of carbonyl (C=O) groups excluding carboxylic acids is 3. The highest BCUT2D eigenvalue weighted by Crippen LogP contribution is 2.33. The van der Waals surface area contributed by atoms with Crippen molar-refractivity contribution in [1.29, 1.82) is 5.26 Å². The van der Waals surface area contributed by atoms with Crippen LogP contribution in [0.25, 0.3) is 0 Å². The van der Waals surface area contributed by atoms with E-state index in [1.807, 2.05) is 49.4 Å². The first-order valence-electron chi connectivity index (χ1n) is 11.6. The van der Waals surface area contributed by atoms with Crippen molar-refractivity contribution < 1.29 is 14.4 Å². The van der Waals surface area contributed by atoms with Crippen LogP contribution in [0.15, 0.2) is 83.8 Å². The van der Waals surface area contributed by atoms with Crippen molar-refractivity contribution in [3.63, 3.8) is 0 Å². The first-order valence-corrected chi connectivity index (χ1v) is 13.4. The third kappa shape index (κ3) is 6.68. The molecule has 4 rings (SSSR count). The number of anilines is 3. The van der Waals surface area contributed by atoms with Gasteiger partial charge in [0.25, 0.3) is 11.8 Å². The standard InChI is InChI=1S/C29H24N4O3S2/c1-18-8-6-9-20(14-18)27(35)32-22-12-7-13-23(15-22)37-17-25(34)33-29-24(16-30)19(2)26(38-29)28(36)31-21-10-4-3-5-11-21/h3-15H,17H2,1-2H3,(H,31,36)(H,32,35)(H,33,34). The molecule has 4 aromatic rings. The van der Waals surface area contributed by atoms with Crippen molar-refractivity contribution in [2.24, 2.45) is 0 Å². The molecule has 1 heterocycles. The fourth-order valence-corrected chi connectivity index (χ4v) is 5.45. The van der Waals surface area contributed by atoms with Crippen LogP contribution >= 0.6 is 23.1 Å². The summed E-state index contributed by atoms with van der Waals surface area (Å²) in [4.78, 5) is 39.2. The quantitative estimate of drug-likeness (QED) is 0.222.